The third-order valence-corrected chi connectivity index (χ3v) is 3.72. The highest BCUT2D eigenvalue weighted by molar-refractivity contribution is 5.51. The Bertz CT molecular complexity index is 641. The molecule has 22 heavy (non-hydrogen) atoms. The second-order valence-electron chi connectivity index (χ2n) is 5.19. The van der Waals surface area contributed by atoms with Crippen molar-refractivity contribution in [3.05, 3.63) is 18.7 Å². The van der Waals surface area contributed by atoms with Crippen LogP contribution in [0.25, 0.3) is 11.4 Å². The summed E-state index contributed by atoms with van der Waals surface area (Å²) in [6.07, 6.45) is -1.57. The van der Waals surface area contributed by atoms with Gasteiger partial charge < -0.3 is 29.7 Å². The number of rotatable bonds is 3. The van der Waals surface area contributed by atoms with Gasteiger partial charge >= 0.3 is 0 Å². The molecule has 3 rings (SSSR count). The lowest BCUT2D eigenvalue weighted by atomic mass is 9.98. The minimum atomic E-state index is -1.46. The van der Waals surface area contributed by atoms with E-state index in [1.165, 1.54) is 10.9 Å². The van der Waals surface area contributed by atoms with Crippen LogP contribution in [0.15, 0.2) is 18.7 Å². The van der Waals surface area contributed by atoms with Crippen LogP contribution in [0.3, 0.4) is 0 Å². The van der Waals surface area contributed by atoms with E-state index >= 15 is 0 Å². The fraction of sp³-hybridized carbons (Fsp3) is 0.583. The van der Waals surface area contributed by atoms with Crippen LogP contribution in [-0.2, 0) is 11.8 Å². The van der Waals surface area contributed by atoms with Gasteiger partial charge in [0.1, 0.15) is 30.1 Å². The molecule has 1 aliphatic rings. The second kappa shape index (κ2) is 5.74. The molecule has 0 bridgehead atoms. The smallest absolute Gasteiger partial charge is 0.180 e. The molecule has 0 unspecified atom stereocenters. The Balaban J connectivity index is 1.87. The number of aryl methyl sites for hydroxylation is 1. The van der Waals surface area contributed by atoms with Crippen molar-refractivity contribution in [2.75, 3.05) is 6.61 Å². The Morgan fingerprint density at radius 1 is 1.23 bits per heavy atom. The Labute approximate surface area is 125 Å². The number of imidazole rings is 1. The van der Waals surface area contributed by atoms with Crippen molar-refractivity contribution >= 4 is 0 Å². The molecule has 10 nitrogen and oxygen atoms in total. The molecule has 120 valence electrons. The third-order valence-electron chi connectivity index (χ3n) is 3.72. The maximum Gasteiger partial charge on any atom is 0.180 e. The average Bonchev–Trinajstić information content (AvgIpc) is 3.14. The van der Waals surface area contributed by atoms with Gasteiger partial charge in [-0.3, -0.25) is 0 Å². The predicted octanol–water partition coefficient (Wildman–Crippen LogP) is -2.35. The summed E-state index contributed by atoms with van der Waals surface area (Å²) in [6.45, 7) is -0.495. The zero-order valence-corrected chi connectivity index (χ0v) is 11.8. The van der Waals surface area contributed by atoms with E-state index < -0.39 is 37.3 Å². The summed E-state index contributed by atoms with van der Waals surface area (Å²) >= 11 is 0. The van der Waals surface area contributed by atoms with Crippen molar-refractivity contribution in [3.63, 3.8) is 0 Å². The van der Waals surface area contributed by atoms with Gasteiger partial charge in [0.2, 0.25) is 0 Å². The SMILES string of the molecule is Cn1cncc1-c1cn([C@@H]2O[C@H](CO)[C@@H](O)[C@H](O)[C@H]2O)nn1. The number of aliphatic hydroxyl groups is 4. The number of ether oxygens (including phenoxy) is 1. The van der Waals surface area contributed by atoms with Crippen molar-refractivity contribution in [2.45, 2.75) is 30.6 Å². The summed E-state index contributed by atoms with van der Waals surface area (Å²) in [6, 6.07) is 0. The summed E-state index contributed by atoms with van der Waals surface area (Å²) in [5, 5.41) is 46.7. The van der Waals surface area contributed by atoms with Crippen LogP contribution in [0, 0.1) is 0 Å². The van der Waals surface area contributed by atoms with Crippen molar-refractivity contribution in [1.29, 1.82) is 0 Å². The first-order valence-corrected chi connectivity index (χ1v) is 6.72. The van der Waals surface area contributed by atoms with Crippen LogP contribution in [-0.4, -0.2) is 76.0 Å². The summed E-state index contributed by atoms with van der Waals surface area (Å²) in [4.78, 5) is 3.98. The first-order chi connectivity index (χ1) is 10.5. The van der Waals surface area contributed by atoms with E-state index in [1.54, 1.807) is 24.1 Å². The highest BCUT2D eigenvalue weighted by Crippen LogP contribution is 2.28. The van der Waals surface area contributed by atoms with Gasteiger partial charge in [-0.15, -0.1) is 5.10 Å². The largest absolute Gasteiger partial charge is 0.394 e. The molecule has 0 aromatic carbocycles. The van der Waals surface area contributed by atoms with E-state index in [-0.39, 0.29) is 0 Å². The van der Waals surface area contributed by atoms with Gasteiger partial charge in [-0.05, 0) is 0 Å². The fourth-order valence-electron chi connectivity index (χ4n) is 2.42. The average molecular weight is 311 g/mol. The first-order valence-electron chi connectivity index (χ1n) is 6.72. The molecule has 10 heteroatoms. The molecule has 0 spiro atoms. The van der Waals surface area contributed by atoms with Gasteiger partial charge in [-0.2, -0.15) is 0 Å². The Morgan fingerprint density at radius 2 is 2.00 bits per heavy atom. The molecule has 2 aromatic heterocycles. The summed E-state index contributed by atoms with van der Waals surface area (Å²) in [7, 11) is 1.80. The maximum atomic E-state index is 10.0. The fourth-order valence-corrected chi connectivity index (χ4v) is 2.42. The zero-order valence-electron chi connectivity index (χ0n) is 11.8. The molecule has 0 radical (unpaired) electrons. The molecule has 5 atom stereocenters. The highest BCUT2D eigenvalue weighted by atomic mass is 16.6. The summed E-state index contributed by atoms with van der Waals surface area (Å²) in [5.74, 6) is 0. The van der Waals surface area contributed by atoms with E-state index in [9.17, 15) is 20.4 Å². The van der Waals surface area contributed by atoms with Gasteiger partial charge in [0.25, 0.3) is 0 Å². The Kier molecular flexibility index (Phi) is 3.93. The van der Waals surface area contributed by atoms with Gasteiger partial charge in [0.15, 0.2) is 6.23 Å². The number of hydrogen-bond donors (Lipinski definition) is 4. The number of aromatic nitrogens is 5. The van der Waals surface area contributed by atoms with E-state index in [4.69, 9.17) is 4.74 Å². The lowest BCUT2D eigenvalue weighted by molar-refractivity contribution is -0.254. The molecular weight excluding hydrogens is 294 g/mol. The topological polar surface area (TPSA) is 139 Å². The summed E-state index contributed by atoms with van der Waals surface area (Å²) in [5.41, 5.74) is 1.23. The lowest BCUT2D eigenvalue weighted by Gasteiger charge is -2.39. The van der Waals surface area contributed by atoms with Crippen LogP contribution < -0.4 is 0 Å². The lowest BCUT2D eigenvalue weighted by Crippen LogP contribution is -2.56. The standard InChI is InChI=1S/C12H17N5O5/c1-16-5-13-2-7(16)6-3-17(15-14-6)12-11(21)10(20)9(19)8(4-18)22-12/h2-3,5,8-12,18-21H,4H2,1H3/t8-,9-,10+,11-,12-/m1/s1. The minimum Gasteiger partial charge on any atom is -0.394 e. The van der Waals surface area contributed by atoms with Crippen LogP contribution in [0.2, 0.25) is 0 Å². The molecule has 1 fully saturated rings. The molecule has 0 amide bonds. The quantitative estimate of drug-likeness (QED) is 0.494. The molecule has 4 N–H and O–H groups in total. The van der Waals surface area contributed by atoms with E-state index in [0.717, 1.165) is 5.69 Å². The molecule has 0 aliphatic carbocycles. The Morgan fingerprint density at radius 3 is 2.64 bits per heavy atom. The van der Waals surface area contributed by atoms with Gasteiger partial charge in [0.05, 0.1) is 31.0 Å². The molecule has 2 aromatic rings. The van der Waals surface area contributed by atoms with Crippen molar-refractivity contribution < 1.29 is 25.2 Å². The maximum absolute atomic E-state index is 10.0. The Hall–Kier alpha value is -1.85. The third kappa shape index (κ3) is 2.40. The number of hydrogen-bond acceptors (Lipinski definition) is 8. The summed E-state index contributed by atoms with van der Waals surface area (Å²) < 4.78 is 8.40. The monoisotopic (exact) mass is 311 g/mol. The van der Waals surface area contributed by atoms with Crippen molar-refractivity contribution in [3.8, 4) is 11.4 Å². The van der Waals surface area contributed by atoms with Gasteiger partial charge in [-0.25, -0.2) is 9.67 Å². The van der Waals surface area contributed by atoms with Crippen LogP contribution in [0.4, 0.5) is 0 Å². The molecular formula is C12H17N5O5. The van der Waals surface area contributed by atoms with Gasteiger partial charge in [0, 0.05) is 7.05 Å². The highest BCUT2D eigenvalue weighted by Gasteiger charge is 2.44. The van der Waals surface area contributed by atoms with Gasteiger partial charge in [-0.1, -0.05) is 5.21 Å². The predicted molar refractivity (Wildman–Crippen MR) is 71.2 cm³/mol. The van der Waals surface area contributed by atoms with Crippen LogP contribution in [0.1, 0.15) is 6.23 Å². The second-order valence-corrected chi connectivity index (χ2v) is 5.19. The van der Waals surface area contributed by atoms with E-state index in [1.807, 2.05) is 0 Å². The van der Waals surface area contributed by atoms with Crippen LogP contribution >= 0.6 is 0 Å². The zero-order chi connectivity index (χ0) is 15.9. The number of nitrogens with zero attached hydrogens (tertiary/aromatic N) is 5. The van der Waals surface area contributed by atoms with Crippen molar-refractivity contribution in [1.82, 2.24) is 24.5 Å². The molecule has 0 saturated carbocycles. The normalized spacial score (nSPS) is 32.3. The van der Waals surface area contributed by atoms with E-state index in [0.29, 0.717) is 5.69 Å². The first kappa shape index (κ1) is 15.1. The molecule has 1 saturated heterocycles. The molecule has 1 aliphatic heterocycles. The van der Waals surface area contributed by atoms with Crippen LogP contribution in [0.5, 0.6) is 0 Å². The molecule has 3 heterocycles. The van der Waals surface area contributed by atoms with E-state index in [2.05, 4.69) is 15.3 Å². The minimum absolute atomic E-state index is 0.495. The van der Waals surface area contributed by atoms with Crippen molar-refractivity contribution in [2.24, 2.45) is 7.05 Å². The number of aliphatic hydroxyl groups excluding tert-OH is 4.